The molecule has 0 fully saturated rings. The molecule has 0 spiro atoms. The fourth-order valence-electron chi connectivity index (χ4n) is 5.70. The Bertz CT molecular complexity index is 2350. The van der Waals surface area contributed by atoms with Gasteiger partial charge in [-0.05, 0) is 53.8 Å². The van der Waals surface area contributed by atoms with Gasteiger partial charge in [-0.15, -0.1) is 0 Å². The summed E-state index contributed by atoms with van der Waals surface area (Å²) in [5.74, 6) is 1.53. The zero-order valence-electron chi connectivity index (χ0n) is 32.6. The molecule has 4 heterocycles. The summed E-state index contributed by atoms with van der Waals surface area (Å²) < 4.78 is 31.6. The molecule has 0 bridgehead atoms. The molecule has 3 aromatic carbocycles. The number of fused-ring (bicyclic) bond motifs is 2. The second-order valence-electron chi connectivity index (χ2n) is 13.0. The third kappa shape index (κ3) is 10.1. The maximum Gasteiger partial charge on any atom is 0.320 e. The predicted octanol–water partition coefficient (Wildman–Crippen LogP) is 6.57. The summed E-state index contributed by atoms with van der Waals surface area (Å²) in [7, 11) is 3.11. The minimum atomic E-state index is 0.212. The zero-order chi connectivity index (χ0) is 40.1. The highest BCUT2D eigenvalue weighted by Gasteiger charge is 2.20. The lowest BCUT2D eigenvalue weighted by Crippen LogP contribution is -2.07. The van der Waals surface area contributed by atoms with E-state index in [4.69, 9.17) is 35.2 Å². The number of nitrogens with two attached hydrogens (primary N) is 2. The molecule has 298 valence electrons. The molecule has 0 aliphatic carbocycles. The molecular formula is C41H48N10O6. The number of benzene rings is 3. The van der Waals surface area contributed by atoms with Gasteiger partial charge in [-0.2, -0.15) is 29.9 Å². The van der Waals surface area contributed by atoms with Crippen molar-refractivity contribution >= 4 is 34.0 Å². The normalized spacial score (nSPS) is 10.9. The van der Waals surface area contributed by atoms with Crippen LogP contribution >= 0.6 is 0 Å². The van der Waals surface area contributed by atoms with Crippen molar-refractivity contribution < 1.29 is 28.8 Å². The standard InChI is InChI=1S/C24H27N5O3.C17H21N5O3/c1-3-4-14-31-23-27-21(25)20-22(28-23)29(24(26-20)30-2)15-17-10-12-19(13-11-17)32-16-18-8-6-5-7-9-18;1-3-4-9-25-16-20-14(18)13-15(21-16)22(17(19-13)24-2)10-11-5-7-12(23)8-6-11/h5-13H,3-4,14-16H2,1-2H3,(H2,25,27,28);5-8,23H,3-4,9-10H2,1-2H3,(H2,18,20,21). The van der Waals surface area contributed by atoms with E-state index in [0.717, 1.165) is 48.1 Å². The van der Waals surface area contributed by atoms with Crippen LogP contribution in [0, 0.1) is 0 Å². The molecule has 16 nitrogen and oxygen atoms in total. The van der Waals surface area contributed by atoms with E-state index in [1.54, 1.807) is 23.8 Å². The summed E-state index contributed by atoms with van der Waals surface area (Å²) in [5, 5.41) is 9.43. The first-order valence-electron chi connectivity index (χ1n) is 18.7. The number of phenolic OH excluding ortho intramolecular Hbond substituents is 1. The van der Waals surface area contributed by atoms with Gasteiger partial charge >= 0.3 is 12.0 Å². The second kappa shape index (κ2) is 19.2. The quantitative estimate of drug-likeness (QED) is 0.0837. The van der Waals surface area contributed by atoms with Gasteiger partial charge in [-0.25, -0.2) is 0 Å². The smallest absolute Gasteiger partial charge is 0.320 e. The Morgan fingerprint density at radius 3 is 1.49 bits per heavy atom. The van der Waals surface area contributed by atoms with Crippen LogP contribution in [0.5, 0.6) is 35.5 Å². The average Bonchev–Trinajstić information content (AvgIpc) is 3.77. The molecule has 7 aromatic rings. The number of hydrogen-bond donors (Lipinski definition) is 3. The number of anilines is 2. The predicted molar refractivity (Wildman–Crippen MR) is 217 cm³/mol. The second-order valence-corrected chi connectivity index (χ2v) is 13.0. The Hall–Kier alpha value is -6.84. The molecule has 4 aromatic heterocycles. The maximum atomic E-state index is 9.43. The van der Waals surface area contributed by atoms with Crippen molar-refractivity contribution in [3.05, 3.63) is 95.6 Å². The van der Waals surface area contributed by atoms with Gasteiger partial charge in [0.25, 0.3) is 12.0 Å². The van der Waals surface area contributed by atoms with Crippen molar-refractivity contribution in [1.29, 1.82) is 0 Å². The highest BCUT2D eigenvalue weighted by atomic mass is 16.5. The Morgan fingerprint density at radius 1 is 0.561 bits per heavy atom. The van der Waals surface area contributed by atoms with Crippen LogP contribution < -0.4 is 35.2 Å². The first kappa shape index (κ1) is 39.8. The summed E-state index contributed by atoms with van der Waals surface area (Å²) in [6.07, 6.45) is 3.87. The molecule has 0 saturated carbocycles. The molecule has 0 unspecified atom stereocenters. The highest BCUT2D eigenvalue weighted by Crippen LogP contribution is 2.28. The third-order valence-electron chi connectivity index (χ3n) is 8.74. The van der Waals surface area contributed by atoms with E-state index in [9.17, 15) is 5.11 Å². The summed E-state index contributed by atoms with van der Waals surface area (Å²) >= 11 is 0. The van der Waals surface area contributed by atoms with Crippen LogP contribution in [0.15, 0.2) is 78.9 Å². The molecule has 57 heavy (non-hydrogen) atoms. The Morgan fingerprint density at radius 2 is 1.04 bits per heavy atom. The van der Waals surface area contributed by atoms with Gasteiger partial charge in [0.1, 0.15) is 18.1 Å². The van der Waals surface area contributed by atoms with Crippen LogP contribution in [-0.4, -0.2) is 71.6 Å². The van der Waals surface area contributed by atoms with Crippen molar-refractivity contribution in [2.24, 2.45) is 0 Å². The van der Waals surface area contributed by atoms with Crippen LogP contribution in [0.3, 0.4) is 0 Å². The number of ether oxygens (including phenoxy) is 5. The van der Waals surface area contributed by atoms with Crippen molar-refractivity contribution in [3.63, 3.8) is 0 Å². The average molecular weight is 777 g/mol. The fraction of sp³-hybridized carbons (Fsp3) is 0.317. The molecule has 0 saturated heterocycles. The number of unbranched alkanes of at least 4 members (excludes halogenated alkanes) is 2. The number of methoxy groups -OCH3 is 2. The molecule has 0 amide bonds. The monoisotopic (exact) mass is 776 g/mol. The Labute approximate surface area is 330 Å². The number of aromatic nitrogens is 8. The molecule has 16 heteroatoms. The highest BCUT2D eigenvalue weighted by molar-refractivity contribution is 5.84. The zero-order valence-corrected chi connectivity index (χ0v) is 32.6. The lowest BCUT2D eigenvalue weighted by atomic mass is 10.2. The minimum Gasteiger partial charge on any atom is -0.508 e. The number of aromatic hydroxyl groups is 1. The van der Waals surface area contributed by atoms with Crippen molar-refractivity contribution in [3.8, 4) is 35.5 Å². The van der Waals surface area contributed by atoms with Gasteiger partial charge < -0.3 is 40.3 Å². The number of phenols is 1. The largest absolute Gasteiger partial charge is 0.508 e. The number of nitrogens with zero attached hydrogens (tertiary/aromatic N) is 8. The number of hydrogen-bond acceptors (Lipinski definition) is 14. The van der Waals surface area contributed by atoms with Crippen LogP contribution in [0.1, 0.15) is 56.2 Å². The minimum absolute atomic E-state index is 0.212. The van der Waals surface area contributed by atoms with Crippen molar-refractivity contribution in [2.45, 2.75) is 59.2 Å². The molecule has 0 aliphatic heterocycles. The van der Waals surface area contributed by atoms with E-state index >= 15 is 0 Å². The van der Waals surface area contributed by atoms with Crippen molar-refractivity contribution in [2.75, 3.05) is 38.9 Å². The Kier molecular flexibility index (Phi) is 13.4. The van der Waals surface area contributed by atoms with E-state index in [2.05, 4.69) is 43.8 Å². The summed E-state index contributed by atoms with van der Waals surface area (Å²) in [5.41, 5.74) is 17.3. The first-order chi connectivity index (χ1) is 27.8. The lowest BCUT2D eigenvalue weighted by Gasteiger charge is -2.10. The molecule has 7 rings (SSSR count). The van der Waals surface area contributed by atoms with Gasteiger partial charge in [0.05, 0.1) is 40.5 Å². The lowest BCUT2D eigenvalue weighted by molar-refractivity contribution is 0.286. The van der Waals surface area contributed by atoms with Crippen molar-refractivity contribution in [1.82, 2.24) is 39.0 Å². The number of rotatable bonds is 17. The molecule has 0 atom stereocenters. The summed E-state index contributed by atoms with van der Waals surface area (Å²) in [4.78, 5) is 26.2. The van der Waals surface area contributed by atoms with Crippen LogP contribution in [0.25, 0.3) is 22.3 Å². The van der Waals surface area contributed by atoms with Gasteiger partial charge in [-0.3, -0.25) is 9.13 Å². The maximum absolute atomic E-state index is 9.43. The van der Waals surface area contributed by atoms with Crippen LogP contribution in [0.4, 0.5) is 11.6 Å². The number of imidazole rings is 2. The third-order valence-corrected chi connectivity index (χ3v) is 8.74. The topological polar surface area (TPSA) is 206 Å². The SMILES string of the molecule is CCCCOc1nc(N)c2nc(OC)n(Cc3ccc(O)cc3)c2n1.CCCCOc1nc(N)c2nc(OC)n(Cc3ccc(OCc4ccccc4)cc3)c2n1. The van der Waals surface area contributed by atoms with E-state index in [0.29, 0.717) is 67.3 Å². The molecule has 0 radical (unpaired) electrons. The molecule has 5 N–H and O–H groups in total. The Balaban J connectivity index is 0.000000199. The van der Waals surface area contributed by atoms with Crippen LogP contribution in [-0.2, 0) is 19.7 Å². The van der Waals surface area contributed by atoms with Gasteiger partial charge in [0.15, 0.2) is 34.0 Å². The van der Waals surface area contributed by atoms with Crippen LogP contribution in [0.2, 0.25) is 0 Å². The van der Waals surface area contributed by atoms with E-state index in [1.807, 2.05) is 71.3 Å². The summed E-state index contributed by atoms with van der Waals surface area (Å²) in [6, 6.07) is 26.2. The first-order valence-corrected chi connectivity index (χ1v) is 18.7. The molecular weight excluding hydrogens is 729 g/mol. The van der Waals surface area contributed by atoms with E-state index in [-0.39, 0.29) is 29.4 Å². The molecule has 0 aliphatic rings. The summed E-state index contributed by atoms with van der Waals surface area (Å²) in [6.45, 7) is 6.74. The number of nitrogen functional groups attached to an aromatic ring is 2. The van der Waals surface area contributed by atoms with Gasteiger partial charge in [-0.1, -0.05) is 81.3 Å². The van der Waals surface area contributed by atoms with Gasteiger partial charge in [0, 0.05) is 0 Å². The van der Waals surface area contributed by atoms with Gasteiger partial charge in [0.2, 0.25) is 0 Å². The van der Waals surface area contributed by atoms with E-state index < -0.39 is 0 Å². The van der Waals surface area contributed by atoms with E-state index in [1.165, 1.54) is 7.11 Å². The fourth-order valence-corrected chi connectivity index (χ4v) is 5.70.